The first-order valence-corrected chi connectivity index (χ1v) is 8.56. The topological polar surface area (TPSA) is 79.0 Å². The molecular weight excluding hydrogens is 322 g/mol. The smallest absolute Gasteiger partial charge is 0.307 e. The molecule has 0 spiro atoms. The number of carbonyl (C=O) groups is 3. The van der Waals surface area contributed by atoms with Crippen molar-refractivity contribution in [2.45, 2.75) is 26.3 Å². The van der Waals surface area contributed by atoms with Gasteiger partial charge in [0.15, 0.2) is 0 Å². The molecule has 1 N–H and O–H groups in total. The zero-order valence-electron chi connectivity index (χ0n) is 15.2. The van der Waals surface area contributed by atoms with E-state index in [1.807, 2.05) is 13.8 Å². The maximum atomic E-state index is 12.5. The molecule has 1 fully saturated rings. The van der Waals surface area contributed by atoms with E-state index in [0.29, 0.717) is 32.8 Å². The number of ether oxygens (including phenoxy) is 1. The molecule has 1 aliphatic heterocycles. The molecule has 140 valence electrons. The summed E-state index contributed by atoms with van der Waals surface area (Å²) in [5.74, 6) is -0.579. The van der Waals surface area contributed by atoms with E-state index in [2.05, 4.69) is 18.5 Å². The van der Waals surface area contributed by atoms with Gasteiger partial charge in [-0.25, -0.2) is 0 Å². The molecule has 0 bridgehead atoms. The second-order valence-electron chi connectivity index (χ2n) is 6.43. The molecule has 0 saturated carbocycles. The van der Waals surface area contributed by atoms with Gasteiger partial charge in [-0.1, -0.05) is 26.0 Å². The first kappa shape index (κ1) is 20.9. The van der Waals surface area contributed by atoms with Crippen molar-refractivity contribution in [3.05, 3.63) is 25.3 Å². The summed E-state index contributed by atoms with van der Waals surface area (Å²) in [6.07, 6.45) is 3.23. The van der Waals surface area contributed by atoms with Crippen molar-refractivity contribution < 1.29 is 19.1 Å². The van der Waals surface area contributed by atoms with Gasteiger partial charge in [0, 0.05) is 26.2 Å². The fourth-order valence-corrected chi connectivity index (χ4v) is 2.51. The molecule has 0 radical (unpaired) electrons. The van der Waals surface area contributed by atoms with Crippen molar-refractivity contribution in [1.82, 2.24) is 15.1 Å². The largest absolute Gasteiger partial charge is 0.465 e. The minimum Gasteiger partial charge on any atom is -0.465 e. The van der Waals surface area contributed by atoms with Crippen LogP contribution in [0.5, 0.6) is 0 Å². The van der Waals surface area contributed by atoms with Crippen LogP contribution < -0.4 is 5.32 Å². The van der Waals surface area contributed by atoms with Crippen molar-refractivity contribution in [3.8, 4) is 0 Å². The number of nitrogens with one attached hydrogen (secondary N) is 1. The van der Waals surface area contributed by atoms with Crippen molar-refractivity contribution in [2.24, 2.45) is 5.92 Å². The number of nitrogens with zero attached hydrogens (tertiary/aromatic N) is 2. The van der Waals surface area contributed by atoms with Gasteiger partial charge in [-0.2, -0.15) is 0 Å². The summed E-state index contributed by atoms with van der Waals surface area (Å²) in [5.41, 5.74) is 0. The average molecular weight is 351 g/mol. The van der Waals surface area contributed by atoms with Crippen molar-refractivity contribution >= 4 is 17.8 Å². The highest BCUT2D eigenvalue weighted by atomic mass is 16.5. The summed E-state index contributed by atoms with van der Waals surface area (Å²) < 4.78 is 5.16. The van der Waals surface area contributed by atoms with Crippen LogP contribution in [0.4, 0.5) is 0 Å². The van der Waals surface area contributed by atoms with Gasteiger partial charge >= 0.3 is 5.97 Å². The van der Waals surface area contributed by atoms with E-state index in [-0.39, 0.29) is 30.7 Å². The minimum absolute atomic E-state index is 0.0608. The SMILES string of the molecule is C=CCN(CC=C)C(=O)CN1CCNC(=O)C1CC(=O)OCC(C)C. The fraction of sp³-hybridized carbons (Fsp3) is 0.611. The summed E-state index contributed by atoms with van der Waals surface area (Å²) in [7, 11) is 0. The van der Waals surface area contributed by atoms with Gasteiger partial charge in [0.2, 0.25) is 11.8 Å². The van der Waals surface area contributed by atoms with Crippen LogP contribution in [0.15, 0.2) is 25.3 Å². The van der Waals surface area contributed by atoms with Crippen LogP contribution in [0.25, 0.3) is 0 Å². The average Bonchev–Trinajstić information content (AvgIpc) is 2.55. The van der Waals surface area contributed by atoms with Gasteiger partial charge in [0.1, 0.15) is 6.04 Å². The zero-order valence-corrected chi connectivity index (χ0v) is 15.2. The van der Waals surface area contributed by atoms with Crippen molar-refractivity contribution in [2.75, 3.05) is 39.3 Å². The molecule has 7 nitrogen and oxygen atoms in total. The lowest BCUT2D eigenvalue weighted by Crippen LogP contribution is -2.58. The number of hydrogen-bond donors (Lipinski definition) is 1. The third-order valence-electron chi connectivity index (χ3n) is 3.77. The van der Waals surface area contributed by atoms with E-state index in [9.17, 15) is 14.4 Å². The predicted octanol–water partition coefficient (Wildman–Crippen LogP) is 0.577. The lowest BCUT2D eigenvalue weighted by atomic mass is 10.1. The Labute approximate surface area is 149 Å². The monoisotopic (exact) mass is 351 g/mol. The fourth-order valence-electron chi connectivity index (χ4n) is 2.51. The second-order valence-corrected chi connectivity index (χ2v) is 6.43. The number of esters is 1. The van der Waals surface area contributed by atoms with Crippen LogP contribution in [0, 0.1) is 5.92 Å². The van der Waals surface area contributed by atoms with Crippen LogP contribution in [0.3, 0.4) is 0 Å². The van der Waals surface area contributed by atoms with Gasteiger partial charge in [-0.3, -0.25) is 19.3 Å². The van der Waals surface area contributed by atoms with E-state index in [1.165, 1.54) is 0 Å². The first-order chi connectivity index (χ1) is 11.9. The number of amides is 2. The summed E-state index contributed by atoms with van der Waals surface area (Å²) in [6.45, 7) is 13.3. The number of rotatable bonds is 10. The third kappa shape index (κ3) is 7.09. The van der Waals surface area contributed by atoms with E-state index >= 15 is 0 Å². The van der Waals surface area contributed by atoms with E-state index < -0.39 is 12.0 Å². The van der Waals surface area contributed by atoms with Gasteiger partial charge in [0.25, 0.3) is 0 Å². The normalized spacial score (nSPS) is 17.7. The Morgan fingerprint density at radius 1 is 1.36 bits per heavy atom. The van der Waals surface area contributed by atoms with Crippen LogP contribution in [-0.2, 0) is 19.1 Å². The van der Waals surface area contributed by atoms with E-state index in [0.717, 1.165) is 0 Å². The molecule has 1 atom stereocenters. The highest BCUT2D eigenvalue weighted by molar-refractivity contribution is 5.88. The first-order valence-electron chi connectivity index (χ1n) is 8.56. The molecule has 0 aromatic rings. The standard InChI is InChI=1S/C18H29N3O4/c1-5-8-20(9-6-2)16(22)12-21-10-7-19-18(24)15(21)11-17(23)25-13-14(3)4/h5-6,14-15H,1-2,7-13H2,3-4H3,(H,19,24). The minimum atomic E-state index is -0.688. The molecule has 1 heterocycles. The second kappa shape index (κ2) is 10.7. The zero-order chi connectivity index (χ0) is 18.8. The maximum absolute atomic E-state index is 12.5. The summed E-state index contributed by atoms with van der Waals surface area (Å²) in [4.78, 5) is 40.0. The highest BCUT2D eigenvalue weighted by Gasteiger charge is 2.33. The summed E-state index contributed by atoms with van der Waals surface area (Å²) >= 11 is 0. The Balaban J connectivity index is 2.71. The molecule has 0 aliphatic carbocycles. The van der Waals surface area contributed by atoms with Gasteiger partial charge in [-0.15, -0.1) is 13.2 Å². The molecule has 0 aromatic heterocycles. The quantitative estimate of drug-likeness (QED) is 0.460. The third-order valence-corrected chi connectivity index (χ3v) is 3.77. The van der Waals surface area contributed by atoms with Gasteiger partial charge < -0.3 is 15.0 Å². The molecule has 7 heteroatoms. The lowest BCUT2D eigenvalue weighted by Gasteiger charge is -2.35. The Morgan fingerprint density at radius 2 is 2.00 bits per heavy atom. The van der Waals surface area contributed by atoms with E-state index in [1.54, 1.807) is 22.0 Å². The molecule has 25 heavy (non-hydrogen) atoms. The predicted molar refractivity (Wildman–Crippen MR) is 95.8 cm³/mol. The van der Waals surface area contributed by atoms with Gasteiger partial charge in [0.05, 0.1) is 19.6 Å². The molecule has 1 saturated heterocycles. The molecule has 2 amide bonds. The molecule has 1 rings (SSSR count). The summed E-state index contributed by atoms with van der Waals surface area (Å²) in [6, 6.07) is -0.688. The number of carbonyl (C=O) groups excluding carboxylic acids is 3. The molecule has 1 aliphatic rings. The van der Waals surface area contributed by atoms with Crippen LogP contribution in [0.2, 0.25) is 0 Å². The van der Waals surface area contributed by atoms with Gasteiger partial charge in [-0.05, 0) is 5.92 Å². The van der Waals surface area contributed by atoms with Crippen LogP contribution in [0.1, 0.15) is 20.3 Å². The van der Waals surface area contributed by atoms with Crippen LogP contribution in [-0.4, -0.2) is 73.0 Å². The maximum Gasteiger partial charge on any atom is 0.307 e. The lowest BCUT2D eigenvalue weighted by molar-refractivity contribution is -0.150. The van der Waals surface area contributed by atoms with E-state index in [4.69, 9.17) is 4.74 Å². The number of piperazine rings is 1. The van der Waals surface area contributed by atoms with Crippen molar-refractivity contribution in [1.29, 1.82) is 0 Å². The molecule has 1 unspecified atom stereocenters. The van der Waals surface area contributed by atoms with Crippen LogP contribution >= 0.6 is 0 Å². The molecular formula is C18H29N3O4. The Hall–Kier alpha value is -2.15. The molecule has 0 aromatic carbocycles. The Morgan fingerprint density at radius 3 is 2.56 bits per heavy atom. The highest BCUT2D eigenvalue weighted by Crippen LogP contribution is 2.11. The number of hydrogen-bond acceptors (Lipinski definition) is 5. The summed E-state index contributed by atoms with van der Waals surface area (Å²) in [5, 5.41) is 2.74. The van der Waals surface area contributed by atoms with Crippen molar-refractivity contribution in [3.63, 3.8) is 0 Å². The Bertz CT molecular complexity index is 495. The Kier molecular flexibility index (Phi) is 8.91.